The van der Waals surface area contributed by atoms with Crippen molar-refractivity contribution in [3.05, 3.63) is 29.6 Å². The number of nitriles is 1. The average Bonchev–Trinajstić information content (AvgIpc) is 2.98. The molecule has 2 aliphatic heterocycles. The Labute approximate surface area is 113 Å². The average molecular weight is 259 g/mol. The number of halogens is 1. The lowest BCUT2D eigenvalue weighted by atomic mass is 9.92. The van der Waals surface area contributed by atoms with Crippen molar-refractivity contribution >= 4 is 5.69 Å². The van der Waals surface area contributed by atoms with Crippen molar-refractivity contribution in [2.75, 3.05) is 24.5 Å². The van der Waals surface area contributed by atoms with Crippen LogP contribution in [0.3, 0.4) is 0 Å². The van der Waals surface area contributed by atoms with E-state index in [0.717, 1.165) is 31.7 Å². The second-order valence-corrected chi connectivity index (χ2v) is 5.46. The van der Waals surface area contributed by atoms with Crippen molar-refractivity contribution in [2.24, 2.45) is 11.8 Å². The fourth-order valence-electron chi connectivity index (χ4n) is 3.69. The molecule has 19 heavy (non-hydrogen) atoms. The summed E-state index contributed by atoms with van der Waals surface area (Å²) in [6, 6.07) is 7.37. The highest BCUT2D eigenvalue weighted by Crippen LogP contribution is 2.38. The van der Waals surface area contributed by atoms with Gasteiger partial charge in [-0.15, -0.1) is 0 Å². The first kappa shape index (κ1) is 12.4. The van der Waals surface area contributed by atoms with Gasteiger partial charge in [-0.25, -0.2) is 4.39 Å². The Bertz CT molecular complexity index is 523. The maximum atomic E-state index is 13.8. The minimum absolute atomic E-state index is 0.189. The highest BCUT2D eigenvalue weighted by Gasteiger charge is 2.43. The number of fused-ring (bicyclic) bond motifs is 1. The van der Waals surface area contributed by atoms with Gasteiger partial charge in [0.1, 0.15) is 17.4 Å². The number of hydrogen-bond donors (Lipinski definition) is 1. The normalized spacial score (nSPS) is 29.3. The molecule has 0 radical (unpaired) electrons. The Hall–Kier alpha value is -1.60. The van der Waals surface area contributed by atoms with Crippen LogP contribution in [-0.4, -0.2) is 25.7 Å². The summed E-state index contributed by atoms with van der Waals surface area (Å²) >= 11 is 0. The Morgan fingerprint density at radius 1 is 1.47 bits per heavy atom. The summed E-state index contributed by atoms with van der Waals surface area (Å²) in [6.45, 7) is 5.17. The van der Waals surface area contributed by atoms with Gasteiger partial charge in [-0.3, -0.25) is 0 Å². The summed E-state index contributed by atoms with van der Waals surface area (Å²) in [5.41, 5.74) is 0.956. The zero-order valence-electron chi connectivity index (χ0n) is 11.1. The summed E-state index contributed by atoms with van der Waals surface area (Å²) in [7, 11) is 0. The Morgan fingerprint density at radius 2 is 2.32 bits per heavy atom. The predicted octanol–water partition coefficient (Wildman–Crippen LogP) is 2.13. The van der Waals surface area contributed by atoms with Gasteiger partial charge < -0.3 is 10.2 Å². The fourth-order valence-corrected chi connectivity index (χ4v) is 3.69. The largest absolute Gasteiger partial charge is 0.367 e. The Balaban J connectivity index is 1.99. The number of anilines is 1. The Morgan fingerprint density at radius 3 is 3.05 bits per heavy atom. The summed E-state index contributed by atoms with van der Waals surface area (Å²) in [5.74, 6) is 0.838. The molecule has 0 aromatic heterocycles. The third-order valence-electron chi connectivity index (χ3n) is 4.55. The minimum Gasteiger partial charge on any atom is -0.367 e. The molecule has 2 saturated heterocycles. The Kier molecular flexibility index (Phi) is 3.16. The molecule has 0 spiro atoms. The summed E-state index contributed by atoms with van der Waals surface area (Å²) in [5, 5.41) is 12.6. The van der Waals surface area contributed by atoms with Crippen molar-refractivity contribution in [1.29, 1.82) is 5.26 Å². The van der Waals surface area contributed by atoms with E-state index in [1.54, 1.807) is 6.07 Å². The molecule has 2 heterocycles. The third kappa shape index (κ3) is 1.89. The summed E-state index contributed by atoms with van der Waals surface area (Å²) < 4.78 is 13.8. The van der Waals surface area contributed by atoms with Crippen molar-refractivity contribution in [2.45, 2.75) is 19.4 Å². The fraction of sp³-hybridized carbons (Fsp3) is 0.533. The molecule has 0 aliphatic carbocycles. The molecule has 3 nitrogen and oxygen atoms in total. The van der Waals surface area contributed by atoms with E-state index >= 15 is 0 Å². The molecule has 2 fully saturated rings. The molecule has 2 aliphatic rings. The van der Waals surface area contributed by atoms with Crippen LogP contribution in [-0.2, 0) is 0 Å². The van der Waals surface area contributed by atoms with Crippen LogP contribution in [0.25, 0.3) is 0 Å². The molecule has 3 unspecified atom stereocenters. The first-order chi connectivity index (χ1) is 9.26. The van der Waals surface area contributed by atoms with Gasteiger partial charge in [0, 0.05) is 25.7 Å². The first-order valence-electron chi connectivity index (χ1n) is 6.92. The van der Waals surface area contributed by atoms with E-state index in [9.17, 15) is 9.65 Å². The van der Waals surface area contributed by atoms with Crippen LogP contribution in [0.2, 0.25) is 0 Å². The SMILES string of the molecule is CCC1C2CNCC2CN1c1cccc(F)c1C#N. The van der Waals surface area contributed by atoms with Crippen molar-refractivity contribution < 1.29 is 4.39 Å². The number of nitrogens with one attached hydrogen (secondary N) is 1. The minimum atomic E-state index is -0.412. The van der Waals surface area contributed by atoms with Crippen LogP contribution in [0.15, 0.2) is 18.2 Å². The van der Waals surface area contributed by atoms with Crippen LogP contribution in [0.1, 0.15) is 18.9 Å². The van der Waals surface area contributed by atoms with E-state index in [0.29, 0.717) is 17.9 Å². The standard InChI is InChI=1S/C15H18FN3/c1-2-14-12-8-18-7-10(12)9-19(14)15-5-3-4-13(16)11(15)6-17/h3-5,10,12,14,18H,2,7-9H2,1H3. The van der Waals surface area contributed by atoms with Crippen molar-refractivity contribution in [1.82, 2.24) is 5.32 Å². The van der Waals surface area contributed by atoms with Gasteiger partial charge in [-0.1, -0.05) is 13.0 Å². The third-order valence-corrected chi connectivity index (χ3v) is 4.55. The second-order valence-electron chi connectivity index (χ2n) is 5.46. The molecule has 1 N–H and O–H groups in total. The molecule has 3 atom stereocenters. The highest BCUT2D eigenvalue weighted by atomic mass is 19.1. The quantitative estimate of drug-likeness (QED) is 0.884. The first-order valence-corrected chi connectivity index (χ1v) is 6.92. The van der Waals surface area contributed by atoms with Crippen molar-refractivity contribution in [3.63, 3.8) is 0 Å². The van der Waals surface area contributed by atoms with E-state index in [2.05, 4.69) is 17.1 Å². The highest BCUT2D eigenvalue weighted by molar-refractivity contribution is 5.61. The zero-order chi connectivity index (χ0) is 13.4. The van der Waals surface area contributed by atoms with Gasteiger partial charge in [0.2, 0.25) is 0 Å². The van der Waals surface area contributed by atoms with Gasteiger partial charge in [0.15, 0.2) is 0 Å². The van der Waals surface area contributed by atoms with Crippen molar-refractivity contribution in [3.8, 4) is 6.07 Å². The van der Waals surface area contributed by atoms with Gasteiger partial charge >= 0.3 is 0 Å². The molecule has 4 heteroatoms. The van der Waals surface area contributed by atoms with E-state index in [-0.39, 0.29) is 5.56 Å². The maximum Gasteiger partial charge on any atom is 0.143 e. The van der Waals surface area contributed by atoms with E-state index in [1.165, 1.54) is 6.07 Å². The van der Waals surface area contributed by atoms with Gasteiger partial charge in [0.05, 0.1) is 5.69 Å². The van der Waals surface area contributed by atoms with Crippen LogP contribution in [0, 0.1) is 29.0 Å². The number of hydrogen-bond acceptors (Lipinski definition) is 3. The van der Waals surface area contributed by atoms with Gasteiger partial charge in [0.25, 0.3) is 0 Å². The molecular formula is C15H18FN3. The van der Waals surface area contributed by atoms with Crippen LogP contribution in [0.4, 0.5) is 10.1 Å². The molecule has 1 aromatic rings. The van der Waals surface area contributed by atoms with Crippen LogP contribution in [0.5, 0.6) is 0 Å². The molecule has 0 amide bonds. The van der Waals surface area contributed by atoms with Crippen LogP contribution >= 0.6 is 0 Å². The smallest absolute Gasteiger partial charge is 0.143 e. The van der Waals surface area contributed by atoms with E-state index in [4.69, 9.17) is 0 Å². The van der Waals surface area contributed by atoms with E-state index in [1.807, 2.05) is 12.1 Å². The second kappa shape index (κ2) is 4.82. The van der Waals surface area contributed by atoms with Gasteiger partial charge in [-0.2, -0.15) is 5.26 Å². The lowest BCUT2D eigenvalue weighted by molar-refractivity contribution is 0.442. The van der Waals surface area contributed by atoms with Crippen LogP contribution < -0.4 is 10.2 Å². The lowest BCUT2D eigenvalue weighted by Gasteiger charge is -2.29. The molecular weight excluding hydrogens is 241 g/mol. The monoisotopic (exact) mass is 259 g/mol. The molecule has 0 bridgehead atoms. The molecule has 1 aromatic carbocycles. The predicted molar refractivity (Wildman–Crippen MR) is 72.4 cm³/mol. The molecule has 100 valence electrons. The number of nitrogens with zero attached hydrogens (tertiary/aromatic N) is 2. The molecule has 3 rings (SSSR count). The maximum absolute atomic E-state index is 13.8. The number of benzene rings is 1. The topological polar surface area (TPSA) is 39.1 Å². The van der Waals surface area contributed by atoms with Gasteiger partial charge in [-0.05, 0) is 30.4 Å². The summed E-state index contributed by atoms with van der Waals surface area (Å²) in [6.07, 6.45) is 1.03. The lowest BCUT2D eigenvalue weighted by Crippen LogP contribution is -2.35. The summed E-state index contributed by atoms with van der Waals surface area (Å²) in [4.78, 5) is 2.25. The number of rotatable bonds is 2. The molecule has 0 saturated carbocycles. The van der Waals surface area contributed by atoms with E-state index < -0.39 is 5.82 Å². The zero-order valence-corrected chi connectivity index (χ0v) is 11.1.